The monoisotopic (exact) mass is 406 g/mol. The number of furan rings is 1. The number of ether oxygens (including phenoxy) is 2. The highest BCUT2D eigenvalue weighted by atomic mass is 32.2. The van der Waals surface area contributed by atoms with E-state index in [1.807, 2.05) is 0 Å². The van der Waals surface area contributed by atoms with E-state index in [2.05, 4.69) is 9.88 Å². The van der Waals surface area contributed by atoms with Crippen LogP contribution in [0.4, 0.5) is 0 Å². The van der Waals surface area contributed by atoms with E-state index >= 15 is 0 Å². The first-order valence-electron chi connectivity index (χ1n) is 8.29. The number of esters is 1. The summed E-state index contributed by atoms with van der Waals surface area (Å²) in [6, 6.07) is 9.16. The van der Waals surface area contributed by atoms with E-state index < -0.39 is 16.0 Å². The van der Waals surface area contributed by atoms with Crippen LogP contribution >= 0.6 is 0 Å². The van der Waals surface area contributed by atoms with E-state index in [1.54, 1.807) is 25.1 Å². The molecule has 0 aliphatic carbocycles. The van der Waals surface area contributed by atoms with Gasteiger partial charge in [0.1, 0.15) is 16.4 Å². The zero-order valence-electron chi connectivity index (χ0n) is 15.2. The van der Waals surface area contributed by atoms with Gasteiger partial charge in [-0.15, -0.1) is 0 Å². The molecule has 0 unspecified atom stereocenters. The van der Waals surface area contributed by atoms with Crippen LogP contribution in [0.1, 0.15) is 23.2 Å². The summed E-state index contributed by atoms with van der Waals surface area (Å²) in [5, 5.41) is 3.66. The molecule has 0 amide bonds. The van der Waals surface area contributed by atoms with Gasteiger partial charge in [-0.1, -0.05) is 5.16 Å². The second-order valence-corrected chi connectivity index (χ2v) is 7.30. The molecule has 0 saturated carbocycles. The molecule has 0 radical (unpaired) electrons. The van der Waals surface area contributed by atoms with Crippen LogP contribution < -0.4 is 9.46 Å². The molecule has 10 heteroatoms. The smallest absolute Gasteiger partial charge is 0.360 e. The predicted octanol–water partition coefficient (Wildman–Crippen LogP) is 2.60. The summed E-state index contributed by atoms with van der Waals surface area (Å²) in [7, 11) is -2.55. The minimum atomic E-state index is -3.92. The first-order valence-corrected chi connectivity index (χ1v) is 9.77. The van der Waals surface area contributed by atoms with Gasteiger partial charge in [-0.05, 0) is 37.3 Å². The summed E-state index contributed by atoms with van der Waals surface area (Å²) >= 11 is 0. The Morgan fingerprint density at radius 1 is 1.25 bits per heavy atom. The maximum atomic E-state index is 12.7. The first-order chi connectivity index (χ1) is 13.4. The van der Waals surface area contributed by atoms with Crippen LogP contribution in [-0.2, 0) is 21.3 Å². The zero-order valence-corrected chi connectivity index (χ0v) is 16.0. The number of hydrogen-bond acceptors (Lipinski definition) is 8. The summed E-state index contributed by atoms with van der Waals surface area (Å²) in [4.78, 5) is 11.6. The molecule has 0 spiro atoms. The van der Waals surface area contributed by atoms with E-state index in [0.717, 1.165) is 0 Å². The molecule has 0 aliphatic heterocycles. The number of benzene rings is 1. The Morgan fingerprint density at radius 2 is 2.07 bits per heavy atom. The van der Waals surface area contributed by atoms with Crippen molar-refractivity contribution in [2.75, 3.05) is 13.7 Å². The lowest BCUT2D eigenvalue weighted by atomic mass is 10.1. The second-order valence-electron chi connectivity index (χ2n) is 5.57. The van der Waals surface area contributed by atoms with E-state index in [0.29, 0.717) is 11.3 Å². The second kappa shape index (κ2) is 8.28. The first kappa shape index (κ1) is 19.6. The number of aromatic nitrogens is 1. The van der Waals surface area contributed by atoms with Gasteiger partial charge in [0.2, 0.25) is 10.0 Å². The molecule has 28 heavy (non-hydrogen) atoms. The van der Waals surface area contributed by atoms with Gasteiger partial charge in [0.05, 0.1) is 26.5 Å². The number of methoxy groups -OCH3 is 1. The average molecular weight is 406 g/mol. The Hall–Kier alpha value is -3.11. The topological polar surface area (TPSA) is 121 Å². The van der Waals surface area contributed by atoms with Crippen molar-refractivity contribution in [3.8, 4) is 17.1 Å². The highest BCUT2D eigenvalue weighted by Gasteiger charge is 2.22. The van der Waals surface area contributed by atoms with Crippen LogP contribution in [0.25, 0.3) is 11.3 Å². The summed E-state index contributed by atoms with van der Waals surface area (Å²) in [5.41, 5.74) is 0.398. The molecular weight excluding hydrogens is 388 g/mol. The summed E-state index contributed by atoms with van der Waals surface area (Å²) < 4.78 is 48.2. The van der Waals surface area contributed by atoms with Crippen molar-refractivity contribution in [3.63, 3.8) is 0 Å². The van der Waals surface area contributed by atoms with Gasteiger partial charge in [0, 0.05) is 11.6 Å². The Morgan fingerprint density at radius 3 is 2.75 bits per heavy atom. The fourth-order valence-corrected chi connectivity index (χ4v) is 3.60. The molecule has 0 saturated heterocycles. The van der Waals surface area contributed by atoms with E-state index in [-0.39, 0.29) is 35.3 Å². The quantitative estimate of drug-likeness (QED) is 0.567. The van der Waals surface area contributed by atoms with Crippen LogP contribution in [0.2, 0.25) is 0 Å². The highest BCUT2D eigenvalue weighted by Crippen LogP contribution is 2.30. The number of sulfonamides is 1. The van der Waals surface area contributed by atoms with Crippen LogP contribution in [0, 0.1) is 0 Å². The Balaban J connectivity index is 1.90. The lowest BCUT2D eigenvalue weighted by Crippen LogP contribution is -2.23. The van der Waals surface area contributed by atoms with Gasteiger partial charge < -0.3 is 18.4 Å². The molecule has 0 atom stereocenters. The fourth-order valence-electron chi connectivity index (χ4n) is 2.41. The molecular formula is C18H18N2O7S. The van der Waals surface area contributed by atoms with Crippen molar-refractivity contribution >= 4 is 16.0 Å². The molecule has 0 bridgehead atoms. The number of carbonyl (C=O) groups excluding carboxylic acids is 1. The summed E-state index contributed by atoms with van der Waals surface area (Å²) in [6.45, 7) is 1.86. The van der Waals surface area contributed by atoms with Crippen LogP contribution in [-0.4, -0.2) is 33.3 Å². The molecule has 3 rings (SSSR count). The van der Waals surface area contributed by atoms with Gasteiger partial charge in [0.15, 0.2) is 11.5 Å². The number of nitrogens with zero attached hydrogens (tertiary/aromatic N) is 1. The Bertz CT molecular complexity index is 1060. The zero-order chi connectivity index (χ0) is 20.1. The fraction of sp³-hybridized carbons (Fsp3) is 0.222. The molecule has 148 valence electrons. The SMILES string of the molecule is CCOC(=O)c1cc(-c2ccc(OC)c(S(=O)(=O)NCc3ccco3)c2)on1. The van der Waals surface area contributed by atoms with Crippen molar-refractivity contribution in [1.29, 1.82) is 0 Å². The van der Waals surface area contributed by atoms with Crippen LogP contribution in [0.15, 0.2) is 56.5 Å². The third-order valence-electron chi connectivity index (χ3n) is 3.75. The molecule has 1 aromatic carbocycles. The van der Waals surface area contributed by atoms with Gasteiger partial charge in [-0.2, -0.15) is 0 Å². The lowest BCUT2D eigenvalue weighted by Gasteiger charge is -2.11. The molecule has 3 aromatic rings. The minimum Gasteiger partial charge on any atom is -0.495 e. The van der Waals surface area contributed by atoms with Gasteiger partial charge in [-0.25, -0.2) is 17.9 Å². The van der Waals surface area contributed by atoms with E-state index in [1.165, 1.54) is 31.6 Å². The van der Waals surface area contributed by atoms with E-state index in [9.17, 15) is 13.2 Å². The predicted molar refractivity (Wildman–Crippen MR) is 97.2 cm³/mol. The largest absolute Gasteiger partial charge is 0.495 e. The van der Waals surface area contributed by atoms with Crippen molar-refractivity contribution in [2.24, 2.45) is 0 Å². The van der Waals surface area contributed by atoms with Gasteiger partial charge >= 0.3 is 5.97 Å². The third-order valence-corrected chi connectivity index (χ3v) is 5.17. The van der Waals surface area contributed by atoms with Crippen molar-refractivity contribution in [3.05, 3.63) is 54.1 Å². The molecule has 9 nitrogen and oxygen atoms in total. The number of rotatable bonds is 8. The number of carbonyl (C=O) groups is 1. The molecule has 0 fully saturated rings. The van der Waals surface area contributed by atoms with Crippen molar-refractivity contribution < 1.29 is 31.6 Å². The normalized spacial score (nSPS) is 11.4. The maximum absolute atomic E-state index is 12.7. The number of hydrogen-bond donors (Lipinski definition) is 1. The lowest BCUT2D eigenvalue weighted by molar-refractivity contribution is 0.0514. The standard InChI is InChI=1S/C18H18N2O7S/c1-3-25-18(21)14-10-16(27-20-14)12-6-7-15(24-2)17(9-12)28(22,23)19-11-13-5-4-8-26-13/h4-10,19H,3,11H2,1-2H3. The minimum absolute atomic E-state index is 0.00646. The van der Waals surface area contributed by atoms with Crippen molar-refractivity contribution in [1.82, 2.24) is 9.88 Å². The molecule has 1 N–H and O–H groups in total. The number of nitrogens with one attached hydrogen (secondary N) is 1. The van der Waals surface area contributed by atoms with Crippen molar-refractivity contribution in [2.45, 2.75) is 18.4 Å². The molecule has 0 aliphatic rings. The van der Waals surface area contributed by atoms with Gasteiger partial charge in [-0.3, -0.25) is 0 Å². The summed E-state index contributed by atoms with van der Waals surface area (Å²) in [6.07, 6.45) is 1.45. The Kier molecular flexibility index (Phi) is 5.81. The van der Waals surface area contributed by atoms with Crippen LogP contribution in [0.5, 0.6) is 5.75 Å². The van der Waals surface area contributed by atoms with Crippen LogP contribution in [0.3, 0.4) is 0 Å². The maximum Gasteiger partial charge on any atom is 0.360 e. The Labute approximate surface area is 161 Å². The van der Waals surface area contributed by atoms with E-state index in [4.69, 9.17) is 18.4 Å². The average Bonchev–Trinajstić information content (AvgIpc) is 3.38. The highest BCUT2D eigenvalue weighted by molar-refractivity contribution is 7.89. The molecule has 2 aromatic heterocycles. The molecule has 2 heterocycles. The van der Waals surface area contributed by atoms with Gasteiger partial charge in [0.25, 0.3) is 0 Å². The third kappa shape index (κ3) is 4.24. The summed E-state index contributed by atoms with van der Waals surface area (Å²) in [5.74, 6) is 0.209.